The number of halogens is 2. The average molecular weight is 380 g/mol. The van der Waals surface area contributed by atoms with Crippen molar-refractivity contribution >= 4 is 40.8 Å². The first-order valence-electron chi connectivity index (χ1n) is 7.74. The molecule has 0 saturated carbocycles. The number of ether oxygens (including phenoxy) is 1. The van der Waals surface area contributed by atoms with Crippen molar-refractivity contribution in [2.75, 3.05) is 5.32 Å². The molecule has 6 heteroatoms. The van der Waals surface area contributed by atoms with E-state index in [9.17, 15) is 9.59 Å². The largest absolute Gasteiger partial charge is 0.452 e. The predicted molar refractivity (Wildman–Crippen MR) is 100 cm³/mol. The number of carbonyl (C=O) groups excluding carboxylic acids is 2. The third kappa shape index (κ3) is 4.74. The Labute approximate surface area is 157 Å². The number of benzene rings is 2. The van der Waals surface area contributed by atoms with Crippen LogP contribution in [0, 0.1) is 0 Å². The maximum atomic E-state index is 12.5. The molecule has 0 aliphatic rings. The van der Waals surface area contributed by atoms with Gasteiger partial charge in [0.05, 0.1) is 16.1 Å². The summed E-state index contributed by atoms with van der Waals surface area (Å²) in [5.74, 6) is -0.954. The molecule has 0 saturated heterocycles. The fraction of sp³-hybridized carbons (Fsp3) is 0.263. The Kier molecular flexibility index (Phi) is 6.09. The zero-order valence-corrected chi connectivity index (χ0v) is 15.7. The molecule has 0 bridgehead atoms. The summed E-state index contributed by atoms with van der Waals surface area (Å²) in [4.78, 5) is 24.8. The molecule has 25 heavy (non-hydrogen) atoms. The Morgan fingerprint density at radius 1 is 1.08 bits per heavy atom. The molecule has 0 heterocycles. The van der Waals surface area contributed by atoms with Gasteiger partial charge in [0.25, 0.3) is 5.91 Å². The third-order valence-corrected chi connectivity index (χ3v) is 4.40. The second-order valence-corrected chi connectivity index (χ2v) is 7.00. The predicted octanol–water partition coefficient (Wildman–Crippen LogP) is 4.84. The fourth-order valence-electron chi connectivity index (χ4n) is 2.16. The van der Waals surface area contributed by atoms with E-state index in [1.807, 2.05) is 30.3 Å². The zero-order chi connectivity index (χ0) is 18.6. The van der Waals surface area contributed by atoms with Crippen molar-refractivity contribution in [2.45, 2.75) is 32.3 Å². The van der Waals surface area contributed by atoms with Crippen molar-refractivity contribution in [3.63, 3.8) is 0 Å². The molecule has 1 amide bonds. The van der Waals surface area contributed by atoms with E-state index >= 15 is 0 Å². The van der Waals surface area contributed by atoms with Gasteiger partial charge in [-0.1, -0.05) is 53.5 Å². The van der Waals surface area contributed by atoms with Crippen molar-refractivity contribution < 1.29 is 14.3 Å². The van der Waals surface area contributed by atoms with Crippen molar-refractivity contribution in [3.05, 3.63) is 64.1 Å². The fourth-order valence-corrected chi connectivity index (χ4v) is 2.62. The van der Waals surface area contributed by atoms with Gasteiger partial charge in [-0.15, -0.1) is 0 Å². The highest BCUT2D eigenvalue weighted by molar-refractivity contribution is 6.36. The normalized spacial score (nSPS) is 12.4. The van der Waals surface area contributed by atoms with Crippen LogP contribution in [0.4, 0.5) is 5.69 Å². The molecule has 0 unspecified atom stereocenters. The summed E-state index contributed by atoms with van der Waals surface area (Å²) < 4.78 is 5.35. The summed E-state index contributed by atoms with van der Waals surface area (Å²) in [7, 11) is 0. The highest BCUT2D eigenvalue weighted by atomic mass is 35.5. The first kappa shape index (κ1) is 19.3. The number of rotatable bonds is 5. The van der Waals surface area contributed by atoms with E-state index in [1.54, 1.807) is 26.0 Å². The first-order chi connectivity index (χ1) is 11.7. The minimum absolute atomic E-state index is 0.309. The van der Waals surface area contributed by atoms with E-state index in [-0.39, 0.29) is 0 Å². The lowest BCUT2D eigenvalue weighted by molar-refractivity contribution is -0.158. The molecule has 0 aliphatic carbocycles. The Hall–Kier alpha value is -2.04. The molecule has 0 aromatic heterocycles. The molecule has 2 aromatic rings. The summed E-state index contributed by atoms with van der Waals surface area (Å²) in [5, 5.41) is 3.40. The van der Waals surface area contributed by atoms with E-state index in [4.69, 9.17) is 27.9 Å². The number of carbonyl (C=O) groups is 2. The molecule has 0 radical (unpaired) electrons. The van der Waals surface area contributed by atoms with Crippen LogP contribution in [-0.2, 0) is 19.7 Å². The van der Waals surface area contributed by atoms with E-state index in [1.165, 1.54) is 13.0 Å². The van der Waals surface area contributed by atoms with Gasteiger partial charge in [0.1, 0.15) is 0 Å². The van der Waals surface area contributed by atoms with Crippen molar-refractivity contribution in [3.8, 4) is 0 Å². The Morgan fingerprint density at radius 2 is 1.72 bits per heavy atom. The van der Waals surface area contributed by atoms with E-state index in [2.05, 4.69) is 5.32 Å². The molecule has 0 fully saturated rings. The molecule has 1 atom stereocenters. The molecule has 2 rings (SSSR count). The second kappa shape index (κ2) is 7.89. The standard InChI is InChI=1S/C19H19Cl2NO3/c1-12(17(23)22-16-10-9-14(20)11-15(16)21)25-18(24)19(2,3)13-7-5-4-6-8-13/h4-12H,1-3H3,(H,22,23)/t12-/m1/s1. The van der Waals surface area contributed by atoms with Gasteiger partial charge in [-0.25, -0.2) is 0 Å². The summed E-state index contributed by atoms with van der Waals surface area (Å²) in [6.07, 6.45) is -0.970. The Bertz CT molecular complexity index is 775. The van der Waals surface area contributed by atoms with Crippen LogP contribution in [-0.4, -0.2) is 18.0 Å². The van der Waals surface area contributed by atoms with E-state index < -0.39 is 23.4 Å². The number of anilines is 1. The quantitative estimate of drug-likeness (QED) is 0.755. The van der Waals surface area contributed by atoms with Gasteiger partial charge in [0.15, 0.2) is 6.10 Å². The molecular formula is C19H19Cl2NO3. The molecular weight excluding hydrogens is 361 g/mol. The minimum Gasteiger partial charge on any atom is -0.452 e. The third-order valence-electron chi connectivity index (χ3n) is 3.85. The Balaban J connectivity index is 2.04. The maximum absolute atomic E-state index is 12.5. The number of esters is 1. The van der Waals surface area contributed by atoms with Gasteiger partial charge >= 0.3 is 5.97 Å². The maximum Gasteiger partial charge on any atom is 0.316 e. The van der Waals surface area contributed by atoms with Gasteiger partial charge in [-0.05, 0) is 44.5 Å². The van der Waals surface area contributed by atoms with Gasteiger partial charge < -0.3 is 10.1 Å². The number of nitrogens with one attached hydrogen (secondary N) is 1. The average Bonchev–Trinajstić information content (AvgIpc) is 2.57. The van der Waals surface area contributed by atoms with Crippen LogP contribution in [0.15, 0.2) is 48.5 Å². The van der Waals surface area contributed by atoms with Crippen LogP contribution in [0.2, 0.25) is 10.0 Å². The Morgan fingerprint density at radius 3 is 2.32 bits per heavy atom. The topological polar surface area (TPSA) is 55.4 Å². The lowest BCUT2D eigenvalue weighted by Crippen LogP contribution is -2.37. The van der Waals surface area contributed by atoms with Crippen LogP contribution in [0.25, 0.3) is 0 Å². The second-order valence-electron chi connectivity index (χ2n) is 6.15. The number of hydrogen-bond donors (Lipinski definition) is 1. The van der Waals surface area contributed by atoms with Crippen LogP contribution in [0.5, 0.6) is 0 Å². The van der Waals surface area contributed by atoms with Crippen molar-refractivity contribution in [2.24, 2.45) is 0 Å². The molecule has 0 aliphatic heterocycles. The SMILES string of the molecule is C[C@@H](OC(=O)C(C)(C)c1ccccc1)C(=O)Nc1ccc(Cl)cc1Cl. The first-order valence-corrected chi connectivity index (χ1v) is 8.50. The molecule has 2 aromatic carbocycles. The molecule has 132 valence electrons. The molecule has 0 spiro atoms. The monoisotopic (exact) mass is 379 g/mol. The van der Waals surface area contributed by atoms with Crippen LogP contribution in [0.1, 0.15) is 26.3 Å². The summed E-state index contributed by atoms with van der Waals surface area (Å²) in [5.41, 5.74) is 0.350. The smallest absolute Gasteiger partial charge is 0.316 e. The van der Waals surface area contributed by atoms with E-state index in [0.717, 1.165) is 5.56 Å². The highest BCUT2D eigenvalue weighted by Gasteiger charge is 2.33. The van der Waals surface area contributed by atoms with Crippen LogP contribution < -0.4 is 5.32 Å². The van der Waals surface area contributed by atoms with Crippen molar-refractivity contribution in [1.82, 2.24) is 0 Å². The van der Waals surface area contributed by atoms with Crippen LogP contribution >= 0.6 is 23.2 Å². The summed E-state index contributed by atoms with van der Waals surface area (Å²) >= 11 is 11.9. The number of hydrogen-bond acceptors (Lipinski definition) is 3. The van der Waals surface area contributed by atoms with Gasteiger partial charge in [0.2, 0.25) is 0 Å². The van der Waals surface area contributed by atoms with Crippen LogP contribution in [0.3, 0.4) is 0 Å². The highest BCUT2D eigenvalue weighted by Crippen LogP contribution is 2.27. The zero-order valence-electron chi connectivity index (χ0n) is 14.2. The van der Waals surface area contributed by atoms with Crippen molar-refractivity contribution in [1.29, 1.82) is 0 Å². The lowest BCUT2D eigenvalue weighted by Gasteiger charge is -2.25. The van der Waals surface area contributed by atoms with Gasteiger partial charge in [-0.3, -0.25) is 9.59 Å². The van der Waals surface area contributed by atoms with Gasteiger partial charge in [0, 0.05) is 5.02 Å². The molecule has 1 N–H and O–H groups in total. The number of amides is 1. The minimum atomic E-state index is -0.970. The summed E-state index contributed by atoms with van der Waals surface area (Å²) in [6.45, 7) is 5.02. The summed E-state index contributed by atoms with van der Waals surface area (Å²) in [6, 6.07) is 14.0. The lowest BCUT2D eigenvalue weighted by atomic mass is 9.85. The molecule has 4 nitrogen and oxygen atoms in total. The van der Waals surface area contributed by atoms with Gasteiger partial charge in [-0.2, -0.15) is 0 Å². The van der Waals surface area contributed by atoms with E-state index in [0.29, 0.717) is 15.7 Å².